The van der Waals surface area contributed by atoms with Gasteiger partial charge in [0.05, 0.1) is 24.4 Å². The van der Waals surface area contributed by atoms with E-state index in [2.05, 4.69) is 31.2 Å². The van der Waals surface area contributed by atoms with Crippen LogP contribution < -0.4 is 5.32 Å². The summed E-state index contributed by atoms with van der Waals surface area (Å²) in [5, 5.41) is 7.38. The van der Waals surface area contributed by atoms with Gasteiger partial charge in [-0.1, -0.05) is 0 Å². The second-order valence-electron chi connectivity index (χ2n) is 4.71. The van der Waals surface area contributed by atoms with Gasteiger partial charge in [-0.15, -0.1) is 0 Å². The minimum atomic E-state index is -0.0999. The highest BCUT2D eigenvalue weighted by Gasteiger charge is 2.16. The molecule has 1 N–H and O–H groups in total. The van der Waals surface area contributed by atoms with Crippen molar-refractivity contribution < 1.29 is 4.74 Å². The molecule has 0 radical (unpaired) electrons. The largest absolute Gasteiger partial charge is 0.374 e. The highest BCUT2D eigenvalue weighted by molar-refractivity contribution is 5.10. The third-order valence-corrected chi connectivity index (χ3v) is 2.16. The summed E-state index contributed by atoms with van der Waals surface area (Å²) in [6.45, 7) is 6.83. The number of likely N-dealkylation sites (N-methyl/N-ethyl adjacent to an activating group) is 1. The van der Waals surface area contributed by atoms with Crippen LogP contribution in [0.1, 0.15) is 32.4 Å². The van der Waals surface area contributed by atoms with Crippen molar-refractivity contribution in [2.45, 2.75) is 32.4 Å². The monoisotopic (exact) mass is 211 g/mol. The number of aryl methyl sites for hydroxylation is 1. The van der Waals surface area contributed by atoms with Crippen LogP contribution in [0.3, 0.4) is 0 Å². The molecule has 0 aliphatic rings. The fourth-order valence-corrected chi connectivity index (χ4v) is 1.30. The van der Waals surface area contributed by atoms with Crippen LogP contribution in [-0.2, 0) is 11.8 Å². The van der Waals surface area contributed by atoms with Crippen molar-refractivity contribution in [3.63, 3.8) is 0 Å². The number of hydrogen-bond donors (Lipinski definition) is 1. The number of nitrogens with one attached hydrogen (secondary N) is 1. The second kappa shape index (κ2) is 4.77. The number of nitrogens with zero attached hydrogens (tertiary/aromatic N) is 2. The normalized spacial score (nSPS) is 14.2. The molecule has 1 aromatic rings. The fraction of sp³-hybridized carbons (Fsp3) is 0.727. The molecule has 0 aliphatic carbocycles. The number of hydrogen-bond acceptors (Lipinski definition) is 3. The van der Waals surface area contributed by atoms with Crippen LogP contribution >= 0.6 is 0 Å². The first kappa shape index (κ1) is 12.2. The Labute approximate surface area is 91.6 Å². The molecule has 1 unspecified atom stereocenters. The minimum absolute atomic E-state index is 0.0999. The van der Waals surface area contributed by atoms with Gasteiger partial charge in [0.25, 0.3) is 0 Å². The van der Waals surface area contributed by atoms with Gasteiger partial charge in [-0.05, 0) is 27.8 Å². The molecule has 1 rings (SSSR count). The van der Waals surface area contributed by atoms with Crippen molar-refractivity contribution in [3.05, 3.63) is 18.0 Å². The molecule has 1 heterocycles. The summed E-state index contributed by atoms with van der Waals surface area (Å²) in [4.78, 5) is 0. The molecule has 1 aromatic heterocycles. The van der Waals surface area contributed by atoms with Crippen molar-refractivity contribution in [2.75, 3.05) is 13.7 Å². The molecule has 0 aromatic carbocycles. The van der Waals surface area contributed by atoms with Crippen molar-refractivity contribution in [1.82, 2.24) is 15.1 Å². The third-order valence-electron chi connectivity index (χ3n) is 2.16. The third kappa shape index (κ3) is 4.01. The van der Waals surface area contributed by atoms with Crippen LogP contribution in [0.4, 0.5) is 0 Å². The van der Waals surface area contributed by atoms with Crippen LogP contribution in [-0.4, -0.2) is 29.0 Å². The minimum Gasteiger partial charge on any atom is -0.374 e. The quantitative estimate of drug-likeness (QED) is 0.820. The van der Waals surface area contributed by atoms with E-state index in [0.29, 0.717) is 6.61 Å². The molecule has 0 saturated carbocycles. The number of aromatic nitrogens is 2. The van der Waals surface area contributed by atoms with E-state index in [-0.39, 0.29) is 11.6 Å². The van der Waals surface area contributed by atoms with Crippen molar-refractivity contribution in [1.29, 1.82) is 0 Å². The second-order valence-corrected chi connectivity index (χ2v) is 4.71. The van der Waals surface area contributed by atoms with Gasteiger partial charge in [-0.3, -0.25) is 4.68 Å². The van der Waals surface area contributed by atoms with E-state index in [1.54, 1.807) is 4.68 Å². The Morgan fingerprint density at radius 2 is 2.20 bits per heavy atom. The lowest BCUT2D eigenvalue weighted by molar-refractivity contribution is -0.0139. The van der Waals surface area contributed by atoms with Gasteiger partial charge < -0.3 is 10.1 Å². The summed E-state index contributed by atoms with van der Waals surface area (Å²) in [6.07, 6.45) is 3.88. The summed E-state index contributed by atoms with van der Waals surface area (Å²) in [5.74, 6) is 0. The lowest BCUT2D eigenvalue weighted by Gasteiger charge is -2.23. The summed E-state index contributed by atoms with van der Waals surface area (Å²) < 4.78 is 7.55. The average Bonchev–Trinajstić information content (AvgIpc) is 2.51. The lowest BCUT2D eigenvalue weighted by atomic mass is 10.1. The predicted octanol–water partition coefficient (Wildman–Crippen LogP) is 1.50. The molecule has 86 valence electrons. The van der Waals surface area contributed by atoms with E-state index >= 15 is 0 Å². The molecule has 0 amide bonds. The Bertz CT molecular complexity index is 301. The molecule has 0 fully saturated rings. The predicted molar refractivity (Wildman–Crippen MR) is 60.7 cm³/mol. The lowest BCUT2D eigenvalue weighted by Crippen LogP contribution is -2.28. The van der Waals surface area contributed by atoms with Crippen LogP contribution in [0.15, 0.2) is 12.4 Å². The summed E-state index contributed by atoms with van der Waals surface area (Å²) >= 11 is 0. The molecule has 4 nitrogen and oxygen atoms in total. The molecular formula is C11H21N3O. The molecule has 0 saturated heterocycles. The van der Waals surface area contributed by atoms with Crippen molar-refractivity contribution in [2.24, 2.45) is 7.05 Å². The molecule has 1 atom stereocenters. The smallest absolute Gasteiger partial charge is 0.0669 e. The van der Waals surface area contributed by atoms with Gasteiger partial charge in [0, 0.05) is 18.8 Å². The van der Waals surface area contributed by atoms with Crippen molar-refractivity contribution >= 4 is 0 Å². The van der Waals surface area contributed by atoms with Gasteiger partial charge in [-0.2, -0.15) is 5.10 Å². The zero-order valence-electron chi connectivity index (χ0n) is 10.2. The standard InChI is InChI=1S/C11H21N3O/c1-11(2,3)15-8-10(12-4)9-6-13-14(5)7-9/h6-7,10,12H,8H2,1-5H3. The van der Waals surface area contributed by atoms with Gasteiger partial charge in [-0.25, -0.2) is 0 Å². The zero-order chi connectivity index (χ0) is 11.5. The van der Waals surface area contributed by atoms with E-state index < -0.39 is 0 Å². The highest BCUT2D eigenvalue weighted by atomic mass is 16.5. The Balaban J connectivity index is 2.57. The molecule has 4 heteroatoms. The van der Waals surface area contributed by atoms with Gasteiger partial charge >= 0.3 is 0 Å². The first-order valence-electron chi connectivity index (χ1n) is 5.22. The van der Waals surface area contributed by atoms with E-state index in [4.69, 9.17) is 4.74 Å². The Kier molecular flexibility index (Phi) is 3.88. The van der Waals surface area contributed by atoms with E-state index in [0.717, 1.165) is 5.56 Å². The van der Waals surface area contributed by atoms with Crippen molar-refractivity contribution in [3.8, 4) is 0 Å². The molecular weight excluding hydrogens is 190 g/mol. The van der Waals surface area contributed by atoms with Crippen LogP contribution in [0, 0.1) is 0 Å². The highest BCUT2D eigenvalue weighted by Crippen LogP contribution is 2.15. The molecule has 0 aliphatic heterocycles. The van der Waals surface area contributed by atoms with E-state index in [1.807, 2.05) is 26.5 Å². The van der Waals surface area contributed by atoms with Gasteiger partial charge in [0.1, 0.15) is 0 Å². The summed E-state index contributed by atoms with van der Waals surface area (Å²) in [6, 6.07) is 0.206. The van der Waals surface area contributed by atoms with Gasteiger partial charge in [0.15, 0.2) is 0 Å². The maximum Gasteiger partial charge on any atom is 0.0669 e. The molecule has 0 spiro atoms. The van der Waals surface area contributed by atoms with E-state index in [1.165, 1.54) is 0 Å². The summed E-state index contributed by atoms with van der Waals surface area (Å²) in [7, 11) is 3.85. The van der Waals surface area contributed by atoms with Crippen LogP contribution in [0.25, 0.3) is 0 Å². The Morgan fingerprint density at radius 3 is 2.60 bits per heavy atom. The first-order chi connectivity index (χ1) is 6.92. The van der Waals surface area contributed by atoms with Crippen LogP contribution in [0.2, 0.25) is 0 Å². The Hall–Kier alpha value is -0.870. The Morgan fingerprint density at radius 1 is 1.53 bits per heavy atom. The average molecular weight is 211 g/mol. The topological polar surface area (TPSA) is 39.1 Å². The summed E-state index contributed by atoms with van der Waals surface area (Å²) in [5.41, 5.74) is 1.06. The SMILES string of the molecule is CNC(COC(C)(C)C)c1cnn(C)c1. The van der Waals surface area contributed by atoms with Gasteiger partial charge in [0.2, 0.25) is 0 Å². The molecule has 0 bridgehead atoms. The number of rotatable bonds is 4. The fourth-order valence-electron chi connectivity index (χ4n) is 1.30. The van der Waals surface area contributed by atoms with E-state index in [9.17, 15) is 0 Å². The maximum absolute atomic E-state index is 5.75. The number of ether oxygens (including phenoxy) is 1. The maximum atomic E-state index is 5.75. The molecule has 15 heavy (non-hydrogen) atoms. The zero-order valence-corrected chi connectivity index (χ0v) is 10.2. The van der Waals surface area contributed by atoms with Crippen LogP contribution in [0.5, 0.6) is 0 Å². The first-order valence-corrected chi connectivity index (χ1v) is 5.22.